The Morgan fingerprint density at radius 2 is 1.52 bits per heavy atom. The van der Waals surface area contributed by atoms with Gasteiger partial charge in [0.15, 0.2) is 30.8 Å². The van der Waals surface area contributed by atoms with Crippen LogP contribution in [0, 0.1) is 5.21 Å². The van der Waals surface area contributed by atoms with Gasteiger partial charge in [0, 0.05) is 69.7 Å². The van der Waals surface area contributed by atoms with Crippen LogP contribution in [-0.2, 0) is 58.9 Å². The summed E-state index contributed by atoms with van der Waals surface area (Å²) in [6.07, 6.45) is -5.54. The van der Waals surface area contributed by atoms with E-state index in [1.807, 2.05) is 36.4 Å². The number of esters is 4. The number of thioether (sulfide) groups is 1. The zero-order valence-electron chi connectivity index (χ0n) is 31.2. The molecule has 15 nitrogen and oxygen atoms in total. The normalized spacial score (nSPS) is 24.7. The summed E-state index contributed by atoms with van der Waals surface area (Å²) in [7, 11) is 0. The van der Waals surface area contributed by atoms with Crippen LogP contribution in [0.3, 0.4) is 0 Å². The molecule has 0 bridgehead atoms. The number of aliphatic hydroxyl groups excluding tert-OH is 1. The lowest BCUT2D eigenvalue weighted by atomic mass is 9.92. The Labute approximate surface area is 333 Å². The molecule has 2 aromatic carbocycles. The first-order chi connectivity index (χ1) is 26.8. The molecule has 2 N–H and O–H groups in total. The second kappa shape index (κ2) is 20.0. The molecule has 0 spiro atoms. The lowest BCUT2D eigenvalue weighted by molar-refractivity contribution is -0.645. The van der Waals surface area contributed by atoms with Crippen molar-refractivity contribution in [3.63, 3.8) is 0 Å². The Morgan fingerprint density at radius 3 is 2.16 bits per heavy atom. The summed E-state index contributed by atoms with van der Waals surface area (Å²) in [4.78, 5) is 48.6. The zero-order chi connectivity index (χ0) is 40.4. The number of hydrogen-bond acceptors (Lipinski definition) is 15. The van der Waals surface area contributed by atoms with E-state index in [1.165, 1.54) is 31.8 Å². The zero-order valence-corrected chi connectivity index (χ0v) is 32.8. The maximum absolute atomic E-state index is 12.3. The number of carbonyl (C=O) groups is 4. The average molecular weight is 813 g/mol. The molecule has 56 heavy (non-hydrogen) atoms. The molecule has 2 fully saturated rings. The molecule has 0 saturated carbocycles. The third-order valence-electron chi connectivity index (χ3n) is 8.74. The van der Waals surface area contributed by atoms with Crippen molar-refractivity contribution in [3.05, 3.63) is 94.8 Å². The summed E-state index contributed by atoms with van der Waals surface area (Å²) < 4.78 is 41.7. The fraction of sp³-hybridized carbons (Fsp3) is 0.436. The Hall–Kier alpha value is -4.65. The third kappa shape index (κ3) is 11.9. The second-order valence-corrected chi connectivity index (χ2v) is 14.7. The molecule has 1 aromatic heterocycles. The smallest absolute Gasteiger partial charge is 0.303 e. The van der Waals surface area contributed by atoms with Crippen molar-refractivity contribution in [2.45, 2.75) is 101 Å². The van der Waals surface area contributed by atoms with Gasteiger partial charge in [-0.3, -0.25) is 19.2 Å². The quantitative estimate of drug-likeness (QED) is 0.0581. The number of pyridine rings is 1. The molecule has 2 aliphatic heterocycles. The standard InChI is InChI=1S/C39H44N2O13S2/c1-22(43)48-20-33-37(50-24(3)45)38(51-25(4)46)36(49-23(2)44)32(53-33)18-34(55)40-29-9-7-8-28(16-29)39-52-30(21-56-35-10-5-6-15-41(35)47)17-31(54-39)27-13-11-26(19-42)12-14-27/h5-16,30-33,36-39,42H,17-21H2,1-4H3,(H,40,55). The van der Waals surface area contributed by atoms with Crippen molar-refractivity contribution in [2.75, 3.05) is 17.7 Å². The number of carbonyl (C=O) groups excluding carboxylic acids is 4. The van der Waals surface area contributed by atoms with Crippen LogP contribution in [-0.4, -0.2) is 83.0 Å². The van der Waals surface area contributed by atoms with E-state index in [-0.39, 0.29) is 36.8 Å². The van der Waals surface area contributed by atoms with E-state index in [2.05, 4.69) is 5.32 Å². The van der Waals surface area contributed by atoms with E-state index in [0.29, 0.717) is 28.5 Å². The summed E-state index contributed by atoms with van der Waals surface area (Å²) in [6, 6.07) is 20.0. The van der Waals surface area contributed by atoms with Gasteiger partial charge in [-0.25, -0.2) is 0 Å². The van der Waals surface area contributed by atoms with Gasteiger partial charge in [-0.15, -0.1) is 0 Å². The first-order valence-corrected chi connectivity index (χ1v) is 19.2. The van der Waals surface area contributed by atoms with Gasteiger partial charge in [0.2, 0.25) is 0 Å². The molecule has 8 atom stereocenters. The van der Waals surface area contributed by atoms with E-state index >= 15 is 0 Å². The van der Waals surface area contributed by atoms with Gasteiger partial charge in [-0.05, 0) is 29.3 Å². The van der Waals surface area contributed by atoms with E-state index < -0.39 is 60.7 Å². The highest BCUT2D eigenvalue weighted by atomic mass is 32.2. The van der Waals surface area contributed by atoms with Crippen LogP contribution < -0.4 is 10.0 Å². The first kappa shape index (κ1) is 42.5. The molecule has 0 amide bonds. The Morgan fingerprint density at radius 1 is 0.839 bits per heavy atom. The second-order valence-electron chi connectivity index (χ2n) is 13.1. The number of aliphatic hydroxyl groups is 1. The maximum Gasteiger partial charge on any atom is 0.303 e. The molecule has 0 radical (unpaired) electrons. The lowest BCUT2D eigenvalue weighted by Crippen LogP contribution is -2.62. The molecular formula is C39H44N2O13S2. The van der Waals surface area contributed by atoms with Gasteiger partial charge in [0.05, 0.1) is 23.8 Å². The van der Waals surface area contributed by atoms with Gasteiger partial charge in [0.25, 0.3) is 5.03 Å². The predicted octanol–water partition coefficient (Wildman–Crippen LogP) is 4.41. The number of ether oxygens (including phenoxy) is 7. The first-order valence-electron chi connectivity index (χ1n) is 17.8. The van der Waals surface area contributed by atoms with Crippen LogP contribution in [0.1, 0.15) is 69.6 Å². The molecule has 300 valence electrons. The van der Waals surface area contributed by atoms with Crippen LogP contribution in [0.4, 0.5) is 5.69 Å². The van der Waals surface area contributed by atoms with Crippen LogP contribution in [0.2, 0.25) is 0 Å². The SMILES string of the molecule is CC(=O)OCC1OC(CC(=S)Nc2cccc(C3OC(CSc4cccc[n+]4[O-])CC(c4ccc(CO)cc4)O3)c2)C(OC(C)=O)C(OC(C)=O)C1OC(C)=O. The number of nitrogens with zero attached hydrogens (tertiary/aromatic N) is 1. The van der Waals surface area contributed by atoms with Crippen molar-refractivity contribution in [3.8, 4) is 0 Å². The van der Waals surface area contributed by atoms with Crippen molar-refractivity contribution in [2.24, 2.45) is 0 Å². The number of hydrogen-bond donors (Lipinski definition) is 2. The molecule has 3 aromatic rings. The molecule has 17 heteroatoms. The van der Waals surface area contributed by atoms with Crippen molar-refractivity contribution in [1.29, 1.82) is 0 Å². The number of nitrogens with one attached hydrogen (secondary N) is 1. The van der Waals surface area contributed by atoms with Gasteiger partial charge in [-0.2, -0.15) is 4.73 Å². The van der Waals surface area contributed by atoms with E-state index in [9.17, 15) is 29.5 Å². The Balaban J connectivity index is 1.35. The summed E-state index contributed by atoms with van der Waals surface area (Å²) in [5.41, 5.74) is 2.93. The van der Waals surface area contributed by atoms with Gasteiger partial charge >= 0.3 is 23.9 Å². The largest absolute Gasteiger partial charge is 0.618 e. The van der Waals surface area contributed by atoms with Gasteiger partial charge < -0.3 is 48.8 Å². The number of rotatable bonds is 14. The van der Waals surface area contributed by atoms with Crippen LogP contribution in [0.15, 0.2) is 78.0 Å². The van der Waals surface area contributed by atoms with E-state index in [4.69, 9.17) is 45.4 Å². The summed E-state index contributed by atoms with van der Waals surface area (Å²) >= 11 is 7.13. The van der Waals surface area contributed by atoms with Crippen molar-refractivity contribution >= 4 is 58.5 Å². The third-order valence-corrected chi connectivity index (χ3v) is 10.2. The Kier molecular flexibility index (Phi) is 15.2. The van der Waals surface area contributed by atoms with Crippen LogP contribution in [0.5, 0.6) is 0 Å². The summed E-state index contributed by atoms with van der Waals surface area (Å²) in [5.74, 6) is -2.32. The number of anilines is 1. The van der Waals surface area contributed by atoms with Crippen LogP contribution >= 0.6 is 24.0 Å². The molecular weight excluding hydrogens is 769 g/mol. The molecule has 3 heterocycles. The Bertz CT molecular complexity index is 1860. The number of thiocarbonyl (C=S) groups is 1. The summed E-state index contributed by atoms with van der Waals surface area (Å²) in [6.45, 7) is 4.24. The molecule has 2 aliphatic rings. The fourth-order valence-corrected chi connectivity index (χ4v) is 7.58. The van der Waals surface area contributed by atoms with Gasteiger partial charge in [-0.1, -0.05) is 60.4 Å². The topological polar surface area (TPSA) is 192 Å². The molecule has 0 aliphatic carbocycles. The summed E-state index contributed by atoms with van der Waals surface area (Å²) in [5, 5.41) is 25.6. The highest BCUT2D eigenvalue weighted by molar-refractivity contribution is 7.99. The minimum atomic E-state index is -1.31. The van der Waals surface area contributed by atoms with Crippen LogP contribution in [0.25, 0.3) is 0 Å². The molecule has 8 unspecified atom stereocenters. The van der Waals surface area contributed by atoms with E-state index in [1.54, 1.807) is 30.3 Å². The fourth-order valence-electron chi connectivity index (χ4n) is 6.37. The predicted molar refractivity (Wildman–Crippen MR) is 204 cm³/mol. The molecule has 2 saturated heterocycles. The monoisotopic (exact) mass is 812 g/mol. The van der Waals surface area contributed by atoms with Crippen molar-refractivity contribution in [1.82, 2.24) is 0 Å². The minimum Gasteiger partial charge on any atom is -0.618 e. The maximum atomic E-state index is 12.3. The van der Waals surface area contributed by atoms with E-state index in [0.717, 1.165) is 29.7 Å². The lowest BCUT2D eigenvalue weighted by Gasteiger charge is -2.44. The number of benzene rings is 2. The highest BCUT2D eigenvalue weighted by Gasteiger charge is 2.52. The average Bonchev–Trinajstić information content (AvgIpc) is 3.15. The molecule has 5 rings (SSSR count). The minimum absolute atomic E-state index is 0.0561. The highest BCUT2D eigenvalue weighted by Crippen LogP contribution is 2.40. The van der Waals surface area contributed by atoms with Crippen molar-refractivity contribution < 1.29 is 62.2 Å². The number of aromatic nitrogens is 1. The van der Waals surface area contributed by atoms with Gasteiger partial charge in [0.1, 0.15) is 18.8 Å².